The Morgan fingerprint density at radius 3 is 3.00 bits per heavy atom. The quantitative estimate of drug-likeness (QED) is 0.800. The maximum Gasteiger partial charge on any atom is 0.213 e. The van der Waals surface area contributed by atoms with Gasteiger partial charge in [0.05, 0.1) is 12.1 Å². The maximum absolute atomic E-state index is 5.94. The fourth-order valence-electron chi connectivity index (χ4n) is 1.02. The van der Waals surface area contributed by atoms with Crippen LogP contribution in [0.4, 0.5) is 0 Å². The number of pyridine rings is 1. The van der Waals surface area contributed by atoms with Crippen molar-refractivity contribution in [3.05, 3.63) is 22.8 Å². The summed E-state index contributed by atoms with van der Waals surface area (Å²) in [6.07, 6.45) is 2.50. The van der Waals surface area contributed by atoms with Crippen LogP contribution in [0.3, 0.4) is 0 Å². The van der Waals surface area contributed by atoms with Crippen LogP contribution < -0.4 is 10.1 Å². The Hall–Kier alpha value is -0.800. The van der Waals surface area contributed by atoms with E-state index in [9.17, 15) is 0 Å². The lowest BCUT2D eigenvalue weighted by Gasteiger charge is -2.05. The van der Waals surface area contributed by atoms with Gasteiger partial charge in [-0.3, -0.25) is 0 Å². The van der Waals surface area contributed by atoms with E-state index in [1.807, 2.05) is 13.1 Å². The van der Waals surface area contributed by atoms with Crippen LogP contribution in [0, 0.1) is 0 Å². The molecule has 0 bridgehead atoms. The van der Waals surface area contributed by atoms with E-state index in [-0.39, 0.29) is 0 Å². The van der Waals surface area contributed by atoms with E-state index in [1.54, 1.807) is 13.3 Å². The van der Waals surface area contributed by atoms with Crippen molar-refractivity contribution in [2.45, 2.75) is 6.42 Å². The standard InChI is InChI=1S/C9H13ClN2O/c1-11-4-3-7-5-9(13-2)12-6-8(7)10/h5-6,11H,3-4H2,1-2H3. The number of likely N-dealkylation sites (N-methyl/N-ethyl adjacent to an activating group) is 1. The average molecular weight is 201 g/mol. The number of hydrogen-bond donors (Lipinski definition) is 1. The summed E-state index contributed by atoms with van der Waals surface area (Å²) in [6.45, 7) is 0.896. The first-order chi connectivity index (χ1) is 6.27. The Bertz CT molecular complexity index is 278. The third-order valence-corrected chi connectivity index (χ3v) is 2.10. The Kier molecular flexibility index (Phi) is 3.99. The number of nitrogens with one attached hydrogen (secondary N) is 1. The van der Waals surface area contributed by atoms with E-state index in [0.717, 1.165) is 18.5 Å². The summed E-state index contributed by atoms with van der Waals surface area (Å²) >= 11 is 5.94. The van der Waals surface area contributed by atoms with Gasteiger partial charge in [0.15, 0.2) is 0 Å². The van der Waals surface area contributed by atoms with Crippen LogP contribution in [-0.2, 0) is 6.42 Å². The van der Waals surface area contributed by atoms with Crippen LogP contribution in [0.25, 0.3) is 0 Å². The fraction of sp³-hybridized carbons (Fsp3) is 0.444. The molecular weight excluding hydrogens is 188 g/mol. The largest absolute Gasteiger partial charge is 0.481 e. The van der Waals surface area contributed by atoms with Gasteiger partial charge in [-0.15, -0.1) is 0 Å². The molecule has 0 radical (unpaired) electrons. The molecule has 0 aliphatic carbocycles. The van der Waals surface area contributed by atoms with Gasteiger partial charge in [-0.2, -0.15) is 0 Å². The van der Waals surface area contributed by atoms with Crippen molar-refractivity contribution in [1.82, 2.24) is 10.3 Å². The van der Waals surface area contributed by atoms with E-state index >= 15 is 0 Å². The smallest absolute Gasteiger partial charge is 0.213 e. The highest BCUT2D eigenvalue weighted by Crippen LogP contribution is 2.19. The Morgan fingerprint density at radius 1 is 1.62 bits per heavy atom. The molecule has 1 N–H and O–H groups in total. The second-order valence-electron chi connectivity index (χ2n) is 2.67. The first-order valence-corrected chi connectivity index (χ1v) is 4.48. The Labute approximate surface area is 83.1 Å². The lowest BCUT2D eigenvalue weighted by atomic mass is 10.2. The average Bonchev–Trinajstić information content (AvgIpc) is 2.17. The van der Waals surface area contributed by atoms with E-state index in [4.69, 9.17) is 16.3 Å². The minimum atomic E-state index is 0.607. The van der Waals surface area contributed by atoms with Crippen molar-refractivity contribution >= 4 is 11.6 Å². The molecule has 13 heavy (non-hydrogen) atoms. The second kappa shape index (κ2) is 5.04. The van der Waals surface area contributed by atoms with Crippen LogP contribution in [0.2, 0.25) is 5.02 Å². The van der Waals surface area contributed by atoms with Gasteiger partial charge in [0.25, 0.3) is 0 Å². The van der Waals surface area contributed by atoms with Crippen molar-refractivity contribution in [2.24, 2.45) is 0 Å². The molecule has 3 nitrogen and oxygen atoms in total. The fourth-order valence-corrected chi connectivity index (χ4v) is 1.22. The molecule has 4 heteroatoms. The van der Waals surface area contributed by atoms with Crippen molar-refractivity contribution in [3.63, 3.8) is 0 Å². The summed E-state index contributed by atoms with van der Waals surface area (Å²) in [4.78, 5) is 3.99. The highest BCUT2D eigenvalue weighted by atomic mass is 35.5. The third-order valence-electron chi connectivity index (χ3n) is 1.76. The van der Waals surface area contributed by atoms with E-state index in [2.05, 4.69) is 10.3 Å². The number of ether oxygens (including phenoxy) is 1. The normalized spacial score (nSPS) is 10.1. The number of aromatic nitrogens is 1. The lowest BCUT2D eigenvalue weighted by Crippen LogP contribution is -2.10. The molecule has 0 spiro atoms. The van der Waals surface area contributed by atoms with E-state index < -0.39 is 0 Å². The van der Waals surface area contributed by atoms with Crippen LogP contribution in [0.5, 0.6) is 5.88 Å². The topological polar surface area (TPSA) is 34.1 Å². The monoisotopic (exact) mass is 200 g/mol. The molecule has 0 aromatic carbocycles. The van der Waals surface area contributed by atoms with Crippen molar-refractivity contribution in [3.8, 4) is 5.88 Å². The van der Waals surface area contributed by atoms with Gasteiger partial charge in [-0.25, -0.2) is 4.98 Å². The zero-order valence-electron chi connectivity index (χ0n) is 7.80. The minimum Gasteiger partial charge on any atom is -0.481 e. The molecule has 1 aromatic heterocycles. The molecule has 0 unspecified atom stereocenters. The number of halogens is 1. The molecule has 0 atom stereocenters. The lowest BCUT2D eigenvalue weighted by molar-refractivity contribution is 0.397. The van der Waals surface area contributed by atoms with Crippen LogP contribution >= 0.6 is 11.6 Å². The summed E-state index contributed by atoms with van der Waals surface area (Å²) < 4.78 is 5.00. The summed E-state index contributed by atoms with van der Waals surface area (Å²) in [5.41, 5.74) is 1.06. The highest BCUT2D eigenvalue weighted by Gasteiger charge is 2.02. The van der Waals surface area contributed by atoms with Gasteiger partial charge in [0.2, 0.25) is 5.88 Å². The summed E-state index contributed by atoms with van der Waals surface area (Å²) in [6, 6.07) is 1.86. The number of hydrogen-bond acceptors (Lipinski definition) is 3. The summed E-state index contributed by atoms with van der Waals surface area (Å²) in [7, 11) is 3.50. The molecule has 0 fully saturated rings. The Morgan fingerprint density at radius 2 is 2.38 bits per heavy atom. The summed E-state index contributed by atoms with van der Waals surface area (Å²) in [5, 5.41) is 3.75. The second-order valence-corrected chi connectivity index (χ2v) is 3.08. The number of rotatable bonds is 4. The molecule has 0 amide bonds. The SMILES string of the molecule is CNCCc1cc(OC)ncc1Cl. The van der Waals surface area contributed by atoms with Crippen molar-refractivity contribution in [1.29, 1.82) is 0 Å². The van der Waals surface area contributed by atoms with Gasteiger partial charge in [0, 0.05) is 12.3 Å². The van der Waals surface area contributed by atoms with E-state index in [0.29, 0.717) is 10.9 Å². The predicted octanol–water partition coefficient (Wildman–Crippen LogP) is 1.51. The molecule has 0 aliphatic rings. The predicted molar refractivity (Wildman–Crippen MR) is 53.4 cm³/mol. The number of methoxy groups -OCH3 is 1. The van der Waals surface area contributed by atoms with Gasteiger partial charge >= 0.3 is 0 Å². The van der Waals surface area contributed by atoms with Gasteiger partial charge in [-0.1, -0.05) is 11.6 Å². The van der Waals surface area contributed by atoms with Gasteiger partial charge in [0.1, 0.15) is 0 Å². The minimum absolute atomic E-state index is 0.607. The summed E-state index contributed by atoms with van der Waals surface area (Å²) in [5.74, 6) is 0.607. The highest BCUT2D eigenvalue weighted by molar-refractivity contribution is 6.31. The van der Waals surface area contributed by atoms with E-state index in [1.165, 1.54) is 0 Å². The Balaban J connectivity index is 2.78. The molecule has 1 rings (SSSR count). The van der Waals surface area contributed by atoms with Crippen molar-refractivity contribution in [2.75, 3.05) is 20.7 Å². The molecule has 0 saturated heterocycles. The molecule has 72 valence electrons. The third kappa shape index (κ3) is 2.86. The van der Waals surface area contributed by atoms with Crippen molar-refractivity contribution < 1.29 is 4.74 Å². The number of nitrogens with zero attached hydrogens (tertiary/aromatic N) is 1. The van der Waals surface area contributed by atoms with Crippen LogP contribution in [-0.4, -0.2) is 25.7 Å². The van der Waals surface area contributed by atoms with Gasteiger partial charge < -0.3 is 10.1 Å². The zero-order valence-corrected chi connectivity index (χ0v) is 8.56. The van der Waals surface area contributed by atoms with Crippen LogP contribution in [0.15, 0.2) is 12.3 Å². The van der Waals surface area contributed by atoms with Crippen LogP contribution in [0.1, 0.15) is 5.56 Å². The molecule has 0 saturated carbocycles. The molecular formula is C9H13ClN2O. The molecule has 0 aliphatic heterocycles. The first-order valence-electron chi connectivity index (χ1n) is 4.11. The molecule has 1 heterocycles. The molecule has 1 aromatic rings. The van der Waals surface area contributed by atoms with Gasteiger partial charge in [-0.05, 0) is 25.6 Å². The maximum atomic E-state index is 5.94. The first kappa shape index (κ1) is 10.3. The zero-order chi connectivity index (χ0) is 9.68.